The molecule has 2 aliphatic rings. The maximum atomic E-state index is 13.7. The van der Waals surface area contributed by atoms with E-state index >= 15 is 0 Å². The Morgan fingerprint density at radius 3 is 2.65 bits per heavy atom. The molecule has 1 atom stereocenters. The highest BCUT2D eigenvalue weighted by atomic mass is 35.5. The molecule has 9 heteroatoms. The molecular weight excluding hydrogens is 458 g/mol. The lowest BCUT2D eigenvalue weighted by Crippen LogP contribution is -2.58. The lowest BCUT2D eigenvalue weighted by atomic mass is 9.73. The maximum absolute atomic E-state index is 13.7. The number of halogens is 1. The number of carbonyl (C=O) groups excluding carboxylic acids is 3. The van der Waals surface area contributed by atoms with Gasteiger partial charge in [-0.3, -0.25) is 14.5 Å². The van der Waals surface area contributed by atoms with E-state index in [0.717, 1.165) is 11.3 Å². The number of imide groups is 1. The summed E-state index contributed by atoms with van der Waals surface area (Å²) in [7, 11) is 1.54. The van der Waals surface area contributed by atoms with Gasteiger partial charge in [0.1, 0.15) is 11.3 Å². The number of nitrogens with one attached hydrogen (secondary N) is 1. The minimum Gasteiger partial charge on any atom is -0.469 e. The average Bonchev–Trinajstić information content (AvgIpc) is 3.45. The van der Waals surface area contributed by atoms with E-state index in [0.29, 0.717) is 50.2 Å². The molecule has 1 N–H and O–H groups in total. The van der Waals surface area contributed by atoms with Gasteiger partial charge in [0, 0.05) is 44.5 Å². The molecule has 3 heterocycles. The van der Waals surface area contributed by atoms with Gasteiger partial charge in [-0.25, -0.2) is 4.79 Å². The maximum Gasteiger partial charge on any atom is 0.325 e. The lowest BCUT2D eigenvalue weighted by molar-refractivity contribution is -0.136. The van der Waals surface area contributed by atoms with Crippen molar-refractivity contribution in [3.05, 3.63) is 59.0 Å². The molecule has 1 aromatic heterocycles. The molecule has 2 saturated heterocycles. The first-order valence-electron chi connectivity index (χ1n) is 11.6. The second-order valence-corrected chi connectivity index (χ2v) is 9.26. The fourth-order valence-electron chi connectivity index (χ4n) is 4.98. The van der Waals surface area contributed by atoms with Crippen molar-refractivity contribution in [3.8, 4) is 0 Å². The van der Waals surface area contributed by atoms with E-state index in [9.17, 15) is 14.4 Å². The molecule has 2 aromatic rings. The number of hydrogen-bond acceptors (Lipinski definition) is 5. The molecule has 4 amide bonds. The van der Waals surface area contributed by atoms with Crippen molar-refractivity contribution < 1.29 is 23.5 Å². The molecule has 182 valence electrons. The minimum atomic E-state index is -1.10. The smallest absolute Gasteiger partial charge is 0.325 e. The molecule has 1 unspecified atom stereocenters. The molecular formula is C25H30ClN3O5. The van der Waals surface area contributed by atoms with Gasteiger partial charge < -0.3 is 19.4 Å². The Balaban J connectivity index is 1.49. The zero-order valence-electron chi connectivity index (χ0n) is 19.3. The van der Waals surface area contributed by atoms with Gasteiger partial charge in [0.25, 0.3) is 5.91 Å². The molecule has 0 saturated carbocycles. The van der Waals surface area contributed by atoms with Crippen molar-refractivity contribution in [1.29, 1.82) is 0 Å². The van der Waals surface area contributed by atoms with Gasteiger partial charge in [0.15, 0.2) is 0 Å². The Bertz CT molecular complexity index is 1020. The van der Waals surface area contributed by atoms with E-state index in [1.54, 1.807) is 12.3 Å². The number of furan rings is 1. The van der Waals surface area contributed by atoms with Crippen LogP contribution in [0.5, 0.6) is 0 Å². The van der Waals surface area contributed by atoms with Crippen LogP contribution in [0.1, 0.15) is 30.6 Å². The summed E-state index contributed by atoms with van der Waals surface area (Å²) in [6.45, 7) is 1.53. The lowest BCUT2D eigenvalue weighted by Gasteiger charge is -2.41. The largest absolute Gasteiger partial charge is 0.469 e. The first kappa shape index (κ1) is 24.3. The zero-order chi connectivity index (χ0) is 24.1. The number of carbonyl (C=O) groups is 3. The normalized spacial score (nSPS) is 21.2. The summed E-state index contributed by atoms with van der Waals surface area (Å²) in [5.74, 6) is 0.481. The van der Waals surface area contributed by atoms with Gasteiger partial charge in [-0.2, -0.15) is 0 Å². The highest BCUT2D eigenvalue weighted by molar-refractivity contribution is 6.31. The topological polar surface area (TPSA) is 92.1 Å². The molecule has 2 fully saturated rings. The van der Waals surface area contributed by atoms with Crippen molar-refractivity contribution in [2.75, 3.05) is 33.4 Å². The molecule has 2 aliphatic heterocycles. The minimum absolute atomic E-state index is 0.0681. The molecule has 0 spiro atoms. The van der Waals surface area contributed by atoms with Crippen LogP contribution >= 0.6 is 11.6 Å². The predicted molar refractivity (Wildman–Crippen MR) is 126 cm³/mol. The van der Waals surface area contributed by atoms with E-state index in [1.165, 1.54) is 12.0 Å². The second-order valence-electron chi connectivity index (χ2n) is 8.85. The zero-order valence-corrected chi connectivity index (χ0v) is 20.1. The Kier molecular flexibility index (Phi) is 7.58. The van der Waals surface area contributed by atoms with Crippen molar-refractivity contribution in [2.45, 2.75) is 37.6 Å². The molecule has 0 radical (unpaired) electrons. The third-order valence-corrected chi connectivity index (χ3v) is 7.23. The van der Waals surface area contributed by atoms with Crippen LogP contribution in [0, 0.1) is 5.92 Å². The summed E-state index contributed by atoms with van der Waals surface area (Å²) in [5, 5.41) is 3.58. The van der Waals surface area contributed by atoms with Crippen LogP contribution < -0.4 is 5.32 Å². The van der Waals surface area contributed by atoms with E-state index in [4.69, 9.17) is 20.8 Å². The summed E-state index contributed by atoms with van der Waals surface area (Å²) in [4.78, 5) is 42.3. The second kappa shape index (κ2) is 10.6. The number of rotatable bonds is 9. The van der Waals surface area contributed by atoms with E-state index in [2.05, 4.69) is 5.32 Å². The number of aryl methyl sites for hydroxylation is 1. The van der Waals surface area contributed by atoms with Gasteiger partial charge in [0.05, 0.1) is 19.4 Å². The molecule has 1 aromatic carbocycles. The summed E-state index contributed by atoms with van der Waals surface area (Å²) < 4.78 is 10.4. The van der Waals surface area contributed by atoms with Crippen LogP contribution in [0.2, 0.25) is 5.02 Å². The summed E-state index contributed by atoms with van der Waals surface area (Å²) >= 11 is 6.43. The van der Waals surface area contributed by atoms with Crippen LogP contribution in [0.4, 0.5) is 4.79 Å². The van der Waals surface area contributed by atoms with Crippen LogP contribution in [0.25, 0.3) is 0 Å². The van der Waals surface area contributed by atoms with Gasteiger partial charge in [0.2, 0.25) is 5.91 Å². The quantitative estimate of drug-likeness (QED) is 0.548. The van der Waals surface area contributed by atoms with Gasteiger partial charge in [-0.15, -0.1) is 0 Å². The standard InChI is InChI=1S/C25H30ClN3O5/c1-33-16-14-29-23(31)25(27-24(29)32,17-18-5-2-3-7-21(18)26)19-10-12-28(13-11-19)22(30)9-8-20-6-4-15-34-20/h2-7,15,19H,8-14,16-17H2,1H3,(H,27,32). The summed E-state index contributed by atoms with van der Waals surface area (Å²) in [5.41, 5.74) is -0.289. The first-order chi connectivity index (χ1) is 16.4. The number of piperidine rings is 1. The van der Waals surface area contributed by atoms with E-state index in [-0.39, 0.29) is 30.9 Å². The number of likely N-dealkylation sites (tertiary alicyclic amines) is 1. The van der Waals surface area contributed by atoms with Crippen LogP contribution in [0.15, 0.2) is 47.1 Å². The van der Waals surface area contributed by atoms with Gasteiger partial charge >= 0.3 is 6.03 Å². The van der Waals surface area contributed by atoms with E-state index in [1.807, 2.05) is 35.2 Å². The fourth-order valence-corrected chi connectivity index (χ4v) is 5.18. The number of urea groups is 1. The molecule has 8 nitrogen and oxygen atoms in total. The van der Waals surface area contributed by atoms with Crippen LogP contribution in [-0.4, -0.2) is 66.5 Å². The number of nitrogens with zero attached hydrogens (tertiary/aromatic N) is 2. The van der Waals surface area contributed by atoms with Gasteiger partial charge in [-0.05, 0) is 42.5 Å². The Hall–Kier alpha value is -2.84. The molecule has 0 aliphatic carbocycles. The molecule has 0 bridgehead atoms. The number of hydrogen-bond donors (Lipinski definition) is 1. The Morgan fingerprint density at radius 2 is 1.97 bits per heavy atom. The third kappa shape index (κ3) is 4.98. The first-order valence-corrected chi connectivity index (χ1v) is 12.0. The Labute approximate surface area is 204 Å². The van der Waals surface area contributed by atoms with Crippen LogP contribution in [-0.2, 0) is 27.2 Å². The van der Waals surface area contributed by atoms with Gasteiger partial charge in [-0.1, -0.05) is 29.8 Å². The SMILES string of the molecule is COCCN1C(=O)NC(Cc2ccccc2Cl)(C2CCN(C(=O)CCc3ccco3)CC2)C1=O. The number of ether oxygens (including phenoxy) is 1. The number of benzene rings is 1. The fraction of sp³-hybridized carbons (Fsp3) is 0.480. The number of amides is 4. The predicted octanol–water partition coefficient (Wildman–Crippen LogP) is 3.28. The van der Waals surface area contributed by atoms with Crippen molar-refractivity contribution in [3.63, 3.8) is 0 Å². The Morgan fingerprint density at radius 1 is 1.21 bits per heavy atom. The monoisotopic (exact) mass is 487 g/mol. The van der Waals surface area contributed by atoms with Crippen molar-refractivity contribution in [1.82, 2.24) is 15.1 Å². The van der Waals surface area contributed by atoms with Crippen molar-refractivity contribution >= 4 is 29.4 Å². The molecule has 34 heavy (non-hydrogen) atoms. The average molecular weight is 488 g/mol. The van der Waals surface area contributed by atoms with Crippen molar-refractivity contribution in [2.24, 2.45) is 5.92 Å². The number of methoxy groups -OCH3 is 1. The summed E-state index contributed by atoms with van der Waals surface area (Å²) in [6, 6.07) is 10.6. The summed E-state index contributed by atoms with van der Waals surface area (Å²) in [6.07, 6.45) is 4.07. The van der Waals surface area contributed by atoms with E-state index < -0.39 is 11.6 Å². The van der Waals surface area contributed by atoms with Crippen LogP contribution in [0.3, 0.4) is 0 Å². The highest BCUT2D eigenvalue weighted by Crippen LogP contribution is 2.37. The molecule has 4 rings (SSSR count). The third-order valence-electron chi connectivity index (χ3n) is 6.86. The highest BCUT2D eigenvalue weighted by Gasteiger charge is 2.56.